The molecular formula is C79H90. The molecule has 1 aliphatic rings. The second-order valence-corrected chi connectivity index (χ2v) is 21.7. The average Bonchev–Trinajstić information content (AvgIpc) is 3.88. The molecule has 11 rings (SSSR count). The van der Waals surface area contributed by atoms with Gasteiger partial charge in [0.1, 0.15) is 0 Å². The molecule has 406 valence electrons. The van der Waals surface area contributed by atoms with Gasteiger partial charge in [-0.15, -0.1) is 0 Å². The Kier molecular flexibility index (Phi) is 22.6. The van der Waals surface area contributed by atoms with Gasteiger partial charge >= 0.3 is 0 Å². The number of aryl methyl sites for hydroxylation is 6. The van der Waals surface area contributed by atoms with Crippen LogP contribution in [0.25, 0.3) is 66.4 Å². The minimum atomic E-state index is 0.151. The maximum absolute atomic E-state index is 2.35. The maximum atomic E-state index is 2.35. The van der Waals surface area contributed by atoms with Crippen molar-refractivity contribution in [2.75, 3.05) is 0 Å². The van der Waals surface area contributed by atoms with Crippen LogP contribution in [0.2, 0.25) is 0 Å². The van der Waals surface area contributed by atoms with Gasteiger partial charge < -0.3 is 0 Å². The second kappa shape index (κ2) is 29.4. The number of benzene rings is 10. The molecule has 0 aliphatic heterocycles. The molecule has 0 aromatic heterocycles. The van der Waals surface area contributed by atoms with Gasteiger partial charge in [0, 0.05) is 5.41 Å². The second-order valence-electron chi connectivity index (χ2n) is 21.7. The van der Waals surface area contributed by atoms with Crippen molar-refractivity contribution in [3.8, 4) is 55.6 Å². The molecule has 0 nitrogen and oxygen atoms in total. The summed E-state index contributed by atoms with van der Waals surface area (Å²) in [4.78, 5) is 0. The third kappa shape index (κ3) is 15.2. The van der Waals surface area contributed by atoms with Crippen molar-refractivity contribution in [2.45, 2.75) is 141 Å². The minimum absolute atomic E-state index is 0.151. The van der Waals surface area contributed by atoms with E-state index >= 15 is 0 Å². The zero-order valence-corrected chi connectivity index (χ0v) is 50.7. The molecule has 0 radical (unpaired) electrons. The summed E-state index contributed by atoms with van der Waals surface area (Å²) in [6.07, 6.45) is 4.94. The summed E-state index contributed by atoms with van der Waals surface area (Å²) in [6, 6.07) is 79.0. The normalized spacial score (nSPS) is 11.7. The van der Waals surface area contributed by atoms with Crippen molar-refractivity contribution in [1.82, 2.24) is 0 Å². The minimum Gasteiger partial charge on any atom is -0.0683 e. The summed E-state index contributed by atoms with van der Waals surface area (Å²) in [5.41, 5.74) is 27.2. The van der Waals surface area contributed by atoms with Gasteiger partial charge in [-0.2, -0.15) is 0 Å². The highest BCUT2D eigenvalue weighted by molar-refractivity contribution is 5.99. The molecule has 0 spiro atoms. The van der Waals surface area contributed by atoms with Crippen LogP contribution in [0.4, 0.5) is 0 Å². The van der Waals surface area contributed by atoms with Crippen LogP contribution < -0.4 is 0 Å². The van der Waals surface area contributed by atoms with Crippen LogP contribution in [-0.4, -0.2) is 0 Å². The molecule has 0 N–H and O–H groups in total. The van der Waals surface area contributed by atoms with Gasteiger partial charge in [-0.1, -0.05) is 299 Å². The molecule has 0 heterocycles. The molecule has 1 atom stereocenters. The zero-order chi connectivity index (χ0) is 57.1. The molecule has 0 fully saturated rings. The monoisotopic (exact) mass is 1040 g/mol. The highest BCUT2D eigenvalue weighted by Crippen LogP contribution is 2.48. The summed E-state index contributed by atoms with van der Waals surface area (Å²) in [5.74, 6) is 0.709. The van der Waals surface area contributed by atoms with Gasteiger partial charge in [-0.25, -0.2) is 0 Å². The highest BCUT2D eigenvalue weighted by atomic mass is 14.4. The SMILES string of the molecule is CC.CCC(C)c1ccccc1.CCCC.CCc1ccc(-c2ccc(C)c(-c3c(C)ccc4ccccc34)c2)cc1.Cc1ccc(-c2cccc(-c3ccccc3C)c2C)cc1.Cc1ccc2c(c1)C(C)(C)c1ccccc1-2. The predicted molar refractivity (Wildman–Crippen MR) is 351 cm³/mol. The fraction of sp³-hybridized carbons (Fsp3) is 0.266. The fourth-order valence-electron chi connectivity index (χ4n) is 10.4. The first kappa shape index (κ1) is 60.7. The topological polar surface area (TPSA) is 0 Å². The molecule has 10 aromatic carbocycles. The lowest BCUT2D eigenvalue weighted by atomic mass is 9.82. The van der Waals surface area contributed by atoms with Crippen molar-refractivity contribution in [3.05, 3.63) is 274 Å². The number of rotatable bonds is 8. The first-order valence-corrected chi connectivity index (χ1v) is 29.4. The smallest absolute Gasteiger partial charge is 0.0158 e. The van der Waals surface area contributed by atoms with Gasteiger partial charge in [-0.3, -0.25) is 0 Å². The van der Waals surface area contributed by atoms with Crippen LogP contribution in [0.15, 0.2) is 218 Å². The van der Waals surface area contributed by atoms with E-state index in [9.17, 15) is 0 Å². The van der Waals surface area contributed by atoms with Crippen LogP contribution in [0.1, 0.15) is 143 Å². The van der Waals surface area contributed by atoms with Crippen LogP contribution in [0.5, 0.6) is 0 Å². The lowest BCUT2D eigenvalue weighted by molar-refractivity contribution is 0.660. The third-order valence-electron chi connectivity index (χ3n) is 15.7. The molecule has 0 heteroatoms. The van der Waals surface area contributed by atoms with Crippen LogP contribution >= 0.6 is 0 Å². The van der Waals surface area contributed by atoms with Crippen molar-refractivity contribution >= 4 is 10.8 Å². The molecule has 0 saturated carbocycles. The Morgan fingerprint density at radius 3 is 1.57 bits per heavy atom. The summed E-state index contributed by atoms with van der Waals surface area (Å²) in [6.45, 7) is 32.8. The van der Waals surface area contributed by atoms with Crippen molar-refractivity contribution < 1.29 is 0 Å². The van der Waals surface area contributed by atoms with E-state index in [1.165, 1.54) is 141 Å². The van der Waals surface area contributed by atoms with E-state index in [1.54, 1.807) is 0 Å². The van der Waals surface area contributed by atoms with Gasteiger partial charge in [0.2, 0.25) is 0 Å². The Hall–Kier alpha value is -7.54. The molecule has 0 amide bonds. The molecule has 0 saturated heterocycles. The molecule has 10 aromatic rings. The lowest BCUT2D eigenvalue weighted by Gasteiger charge is -2.21. The van der Waals surface area contributed by atoms with E-state index in [1.807, 2.05) is 13.8 Å². The number of hydrogen-bond donors (Lipinski definition) is 0. The first-order chi connectivity index (χ1) is 38.2. The Morgan fingerprint density at radius 2 is 0.911 bits per heavy atom. The molecule has 1 aliphatic carbocycles. The number of unbranched alkanes of at least 4 members (excludes halogenated alkanes) is 1. The summed E-state index contributed by atoms with van der Waals surface area (Å²) >= 11 is 0. The van der Waals surface area contributed by atoms with Crippen LogP contribution in [0, 0.1) is 41.5 Å². The average molecular weight is 1040 g/mol. The van der Waals surface area contributed by atoms with Crippen molar-refractivity contribution in [2.24, 2.45) is 0 Å². The van der Waals surface area contributed by atoms with E-state index in [0.29, 0.717) is 5.92 Å². The molecule has 0 bridgehead atoms. The van der Waals surface area contributed by atoms with Crippen molar-refractivity contribution in [1.29, 1.82) is 0 Å². The Bertz CT molecular complexity index is 3470. The van der Waals surface area contributed by atoms with Gasteiger partial charge in [0.25, 0.3) is 0 Å². The number of fused-ring (bicyclic) bond motifs is 4. The van der Waals surface area contributed by atoms with E-state index in [0.717, 1.165) is 6.42 Å². The molecule has 79 heavy (non-hydrogen) atoms. The Labute approximate surface area is 478 Å². The van der Waals surface area contributed by atoms with E-state index in [4.69, 9.17) is 0 Å². The van der Waals surface area contributed by atoms with E-state index in [-0.39, 0.29) is 5.41 Å². The summed E-state index contributed by atoms with van der Waals surface area (Å²) < 4.78 is 0. The fourth-order valence-corrected chi connectivity index (χ4v) is 10.4. The maximum Gasteiger partial charge on any atom is 0.0158 e. The quantitative estimate of drug-likeness (QED) is 0.142. The lowest BCUT2D eigenvalue weighted by Crippen LogP contribution is -2.14. The zero-order valence-electron chi connectivity index (χ0n) is 50.7. The highest BCUT2D eigenvalue weighted by Gasteiger charge is 2.34. The molecule has 1 unspecified atom stereocenters. The standard InChI is InChI=1S/C26H24.C21H20.C16H16.C10H14.C4H10.C2H6/c1-4-20-11-15-21(16-12-20)23-14-9-18(2)25(17-23)26-19(3)10-13-22-7-5-6-8-24(22)26;1-15-11-13-18(14-12-15)20-9-6-10-21(17(20)3)19-8-5-4-7-16(19)2;1-11-8-9-13-12-6-4-5-7-14(12)16(2,3)15(13)10-11;1-3-9(2)10-7-5-4-6-8-10;1-3-4-2;1-2/h5-17H,4H2,1-3H3;4-14H,1-3H3;4-10H,1-3H3;4-9H,3H2,1-2H3;3-4H2,1-2H3;1-2H3. The Morgan fingerprint density at radius 1 is 0.380 bits per heavy atom. The van der Waals surface area contributed by atoms with Crippen LogP contribution in [-0.2, 0) is 11.8 Å². The van der Waals surface area contributed by atoms with Crippen molar-refractivity contribution in [3.63, 3.8) is 0 Å². The third-order valence-corrected chi connectivity index (χ3v) is 15.7. The van der Waals surface area contributed by atoms with E-state index < -0.39 is 0 Å². The van der Waals surface area contributed by atoms with Gasteiger partial charge in [-0.05, 0) is 177 Å². The largest absolute Gasteiger partial charge is 0.0683 e. The Balaban J connectivity index is 0.000000171. The predicted octanol–water partition coefficient (Wildman–Crippen LogP) is 23.6. The van der Waals surface area contributed by atoms with Gasteiger partial charge in [0.15, 0.2) is 0 Å². The number of hydrogen-bond acceptors (Lipinski definition) is 0. The molecular weight excluding hydrogens is 949 g/mol. The summed E-state index contributed by atoms with van der Waals surface area (Å²) in [5, 5.41) is 2.62. The first-order valence-electron chi connectivity index (χ1n) is 29.4. The van der Waals surface area contributed by atoms with E-state index in [2.05, 4.69) is 308 Å². The summed E-state index contributed by atoms with van der Waals surface area (Å²) in [7, 11) is 0. The van der Waals surface area contributed by atoms with Crippen LogP contribution in [0.3, 0.4) is 0 Å². The van der Waals surface area contributed by atoms with Gasteiger partial charge in [0.05, 0.1) is 0 Å².